The molecule has 0 saturated carbocycles. The molecule has 88 valence electrons. The van der Waals surface area contributed by atoms with Gasteiger partial charge in [0.2, 0.25) is 12.7 Å². The molecule has 0 spiro atoms. The number of aliphatic hydroxyl groups is 1. The molecule has 1 aliphatic rings. The number of rotatable bonds is 3. The number of aromatic nitrogens is 1. The van der Waals surface area contributed by atoms with Crippen LogP contribution < -0.4 is 9.47 Å². The maximum absolute atomic E-state index is 8.81. The van der Waals surface area contributed by atoms with Crippen LogP contribution in [-0.4, -0.2) is 23.5 Å². The average Bonchev–Trinajstić information content (AvgIpc) is 2.96. The van der Waals surface area contributed by atoms with Crippen molar-refractivity contribution in [1.82, 2.24) is 4.98 Å². The van der Waals surface area contributed by atoms with Crippen LogP contribution in [0.4, 0.5) is 0 Å². The first-order chi connectivity index (χ1) is 8.36. The minimum Gasteiger partial charge on any atom is -0.454 e. The molecule has 1 aromatic carbocycles. The fourth-order valence-electron chi connectivity index (χ4n) is 1.70. The van der Waals surface area contributed by atoms with E-state index in [-0.39, 0.29) is 13.4 Å². The van der Waals surface area contributed by atoms with Gasteiger partial charge >= 0.3 is 0 Å². The van der Waals surface area contributed by atoms with Crippen LogP contribution in [0, 0.1) is 0 Å². The Kier molecular flexibility index (Phi) is 2.45. The Hall–Kier alpha value is -2.01. The quantitative estimate of drug-likeness (QED) is 0.872. The molecule has 0 unspecified atom stereocenters. The van der Waals surface area contributed by atoms with Gasteiger partial charge in [-0.2, -0.15) is 0 Å². The lowest BCUT2D eigenvalue weighted by molar-refractivity contribution is 0.174. The highest BCUT2D eigenvalue weighted by Gasteiger charge is 2.15. The molecule has 3 rings (SSSR count). The summed E-state index contributed by atoms with van der Waals surface area (Å²) in [5, 5.41) is 8.81. The molecule has 0 saturated heterocycles. The summed E-state index contributed by atoms with van der Waals surface area (Å²) in [5.41, 5.74) is 1.57. The van der Waals surface area contributed by atoms with Crippen molar-refractivity contribution in [3.8, 4) is 23.0 Å². The minimum atomic E-state index is 0.0626. The second kappa shape index (κ2) is 4.10. The zero-order valence-corrected chi connectivity index (χ0v) is 9.05. The largest absolute Gasteiger partial charge is 0.454 e. The van der Waals surface area contributed by atoms with E-state index in [0.717, 1.165) is 17.0 Å². The summed E-state index contributed by atoms with van der Waals surface area (Å²) in [6.45, 7) is 0.313. The molecule has 0 amide bonds. The fraction of sp³-hybridized carbons (Fsp3) is 0.250. The molecule has 5 nitrogen and oxygen atoms in total. The van der Waals surface area contributed by atoms with E-state index < -0.39 is 0 Å². The summed E-state index contributed by atoms with van der Waals surface area (Å²) in [4.78, 5) is 4.27. The first-order valence-electron chi connectivity index (χ1n) is 5.32. The summed E-state index contributed by atoms with van der Waals surface area (Å²) in [5.74, 6) is 1.95. The van der Waals surface area contributed by atoms with Gasteiger partial charge < -0.3 is 19.0 Å². The predicted octanol–water partition coefficient (Wildman–Crippen LogP) is 1.61. The van der Waals surface area contributed by atoms with Crippen LogP contribution in [0.25, 0.3) is 11.5 Å². The number of benzene rings is 1. The second-order valence-corrected chi connectivity index (χ2v) is 3.69. The molecule has 17 heavy (non-hydrogen) atoms. The number of hydrogen-bond donors (Lipinski definition) is 1. The van der Waals surface area contributed by atoms with E-state index in [1.807, 2.05) is 18.2 Å². The van der Waals surface area contributed by atoms with Crippen molar-refractivity contribution in [2.45, 2.75) is 6.42 Å². The van der Waals surface area contributed by atoms with Gasteiger partial charge in [-0.15, -0.1) is 0 Å². The number of aliphatic hydroxyl groups excluding tert-OH is 1. The second-order valence-electron chi connectivity index (χ2n) is 3.69. The molecule has 1 aliphatic heterocycles. The van der Waals surface area contributed by atoms with E-state index in [2.05, 4.69) is 4.98 Å². The average molecular weight is 233 g/mol. The van der Waals surface area contributed by atoms with Crippen LogP contribution in [0.5, 0.6) is 11.5 Å². The molecule has 0 fully saturated rings. The number of oxazole rings is 1. The maximum atomic E-state index is 8.81. The van der Waals surface area contributed by atoms with E-state index >= 15 is 0 Å². The van der Waals surface area contributed by atoms with E-state index in [1.165, 1.54) is 0 Å². The van der Waals surface area contributed by atoms with Gasteiger partial charge in [0, 0.05) is 18.6 Å². The number of fused-ring (bicyclic) bond motifs is 1. The SMILES string of the molecule is OCCc1coc(-c2ccc3c(c2)OCO3)n1. The van der Waals surface area contributed by atoms with E-state index in [4.69, 9.17) is 19.0 Å². The van der Waals surface area contributed by atoms with Crippen molar-refractivity contribution >= 4 is 0 Å². The van der Waals surface area contributed by atoms with Gasteiger partial charge in [0.05, 0.1) is 5.69 Å². The topological polar surface area (TPSA) is 64.7 Å². The van der Waals surface area contributed by atoms with Gasteiger partial charge in [-0.05, 0) is 18.2 Å². The van der Waals surface area contributed by atoms with Crippen molar-refractivity contribution in [1.29, 1.82) is 0 Å². The van der Waals surface area contributed by atoms with Crippen LogP contribution >= 0.6 is 0 Å². The van der Waals surface area contributed by atoms with E-state index in [9.17, 15) is 0 Å². The summed E-state index contributed by atoms with van der Waals surface area (Å²) in [7, 11) is 0. The standard InChI is InChI=1S/C12H11NO4/c14-4-3-9-6-15-12(13-9)8-1-2-10-11(5-8)17-7-16-10/h1-2,5-6,14H,3-4,7H2. The first-order valence-corrected chi connectivity index (χ1v) is 5.32. The van der Waals surface area contributed by atoms with Crippen molar-refractivity contribution in [3.05, 3.63) is 30.2 Å². The van der Waals surface area contributed by atoms with Crippen LogP contribution in [0.2, 0.25) is 0 Å². The molecule has 5 heteroatoms. The van der Waals surface area contributed by atoms with Crippen LogP contribution in [0.15, 0.2) is 28.9 Å². The van der Waals surface area contributed by atoms with Gasteiger partial charge in [-0.1, -0.05) is 0 Å². The summed E-state index contributed by atoms with van der Waals surface area (Å²) in [6, 6.07) is 5.52. The summed E-state index contributed by atoms with van der Waals surface area (Å²) >= 11 is 0. The number of ether oxygens (including phenoxy) is 2. The van der Waals surface area contributed by atoms with Crippen LogP contribution in [0.3, 0.4) is 0 Å². The fourth-order valence-corrected chi connectivity index (χ4v) is 1.70. The van der Waals surface area contributed by atoms with Crippen molar-refractivity contribution in [2.75, 3.05) is 13.4 Å². The van der Waals surface area contributed by atoms with Crippen LogP contribution in [-0.2, 0) is 6.42 Å². The van der Waals surface area contributed by atoms with Gasteiger partial charge in [0.1, 0.15) is 6.26 Å². The Morgan fingerprint density at radius 3 is 3.00 bits per heavy atom. The van der Waals surface area contributed by atoms with Gasteiger partial charge in [0.25, 0.3) is 0 Å². The molecule has 1 N–H and O–H groups in total. The molecule has 1 aromatic heterocycles. The van der Waals surface area contributed by atoms with Gasteiger partial charge in [-0.3, -0.25) is 0 Å². The molecule has 0 radical (unpaired) electrons. The van der Waals surface area contributed by atoms with Crippen LogP contribution in [0.1, 0.15) is 5.69 Å². The first kappa shape index (κ1) is 10.2. The lowest BCUT2D eigenvalue weighted by Gasteiger charge is -1.98. The maximum Gasteiger partial charge on any atom is 0.231 e. The Bertz CT molecular complexity index is 535. The normalized spacial score (nSPS) is 13.0. The highest BCUT2D eigenvalue weighted by Crippen LogP contribution is 2.35. The Balaban J connectivity index is 1.92. The lowest BCUT2D eigenvalue weighted by Crippen LogP contribution is -1.92. The summed E-state index contributed by atoms with van der Waals surface area (Å²) in [6.07, 6.45) is 2.05. The Morgan fingerprint density at radius 1 is 1.24 bits per heavy atom. The van der Waals surface area contributed by atoms with Gasteiger partial charge in [0.15, 0.2) is 11.5 Å². The summed E-state index contributed by atoms with van der Waals surface area (Å²) < 4.78 is 15.9. The smallest absolute Gasteiger partial charge is 0.231 e. The van der Waals surface area contributed by atoms with Crippen molar-refractivity contribution < 1.29 is 19.0 Å². The van der Waals surface area contributed by atoms with Crippen molar-refractivity contribution in [3.63, 3.8) is 0 Å². The van der Waals surface area contributed by atoms with E-state index in [0.29, 0.717) is 18.1 Å². The molecule has 2 heterocycles. The third-order valence-electron chi connectivity index (χ3n) is 2.54. The minimum absolute atomic E-state index is 0.0626. The van der Waals surface area contributed by atoms with E-state index in [1.54, 1.807) is 6.26 Å². The molecule has 2 aromatic rings. The molecular weight excluding hydrogens is 222 g/mol. The molecule has 0 aliphatic carbocycles. The Morgan fingerprint density at radius 2 is 2.12 bits per heavy atom. The molecular formula is C12H11NO4. The molecule has 0 atom stereocenters. The molecule has 0 bridgehead atoms. The van der Waals surface area contributed by atoms with Crippen molar-refractivity contribution in [2.24, 2.45) is 0 Å². The third-order valence-corrected chi connectivity index (χ3v) is 2.54. The number of hydrogen-bond acceptors (Lipinski definition) is 5. The zero-order chi connectivity index (χ0) is 11.7. The number of nitrogens with zero attached hydrogens (tertiary/aromatic N) is 1. The lowest BCUT2D eigenvalue weighted by atomic mass is 10.2. The Labute approximate surface area is 97.6 Å². The zero-order valence-electron chi connectivity index (χ0n) is 9.05. The monoisotopic (exact) mass is 233 g/mol. The highest BCUT2D eigenvalue weighted by molar-refractivity contribution is 5.60. The predicted molar refractivity (Wildman–Crippen MR) is 58.9 cm³/mol. The third kappa shape index (κ3) is 1.85. The van der Waals surface area contributed by atoms with Gasteiger partial charge in [-0.25, -0.2) is 4.98 Å². The highest BCUT2D eigenvalue weighted by atomic mass is 16.7.